The van der Waals surface area contributed by atoms with Crippen molar-refractivity contribution >= 4 is 17.7 Å². The predicted molar refractivity (Wildman–Crippen MR) is 161 cm³/mol. The van der Waals surface area contributed by atoms with Crippen molar-refractivity contribution in [2.75, 3.05) is 38.1 Å². The Labute approximate surface area is 243 Å². The number of aryl methyl sites for hydroxylation is 3. The fraction of sp³-hybridized carbons (Fsp3) is 0.424. The second-order valence-electron chi connectivity index (χ2n) is 10.7. The number of nitrogens with zero attached hydrogens (tertiary/aromatic N) is 2. The average molecular weight is 559 g/mol. The van der Waals surface area contributed by atoms with E-state index in [2.05, 4.69) is 27.7 Å². The molecule has 2 heterocycles. The van der Waals surface area contributed by atoms with Gasteiger partial charge in [0.2, 0.25) is 5.91 Å². The Balaban J connectivity index is 1.28. The van der Waals surface area contributed by atoms with Crippen molar-refractivity contribution in [2.45, 2.75) is 57.9 Å². The maximum Gasteiger partial charge on any atom is 0.326 e. The van der Waals surface area contributed by atoms with E-state index in [-0.39, 0.29) is 12.3 Å². The number of hydrogen-bond donors (Lipinski definition) is 3. The molecule has 1 aliphatic heterocycles. The van der Waals surface area contributed by atoms with Crippen LogP contribution >= 0.6 is 0 Å². The van der Waals surface area contributed by atoms with Crippen LogP contribution in [0.3, 0.4) is 0 Å². The molecule has 0 bridgehead atoms. The minimum atomic E-state index is -1.02. The van der Waals surface area contributed by atoms with Crippen molar-refractivity contribution < 1.29 is 19.4 Å². The van der Waals surface area contributed by atoms with E-state index in [0.29, 0.717) is 26.1 Å². The van der Waals surface area contributed by atoms with Crippen LogP contribution in [0.15, 0.2) is 66.7 Å². The molecule has 3 aromatic rings. The standard InChI is InChI=1S/C33H42N4O4/c1-25-10-5-6-11-27(25)24-31(38)36-30(33(39)40)18-21-37(22-23-41-29-14-3-2-4-15-29)20-8-7-13-28-17-16-26-12-9-19-34-32(26)35-28/h2-6,10-11,14-17,30H,7-9,12-13,18-24H2,1H3,(H,34,35)(H,36,38)(H,39,40). The molecular formula is C33H42N4O4. The normalized spacial score (nSPS) is 13.2. The van der Waals surface area contributed by atoms with Crippen molar-refractivity contribution in [1.29, 1.82) is 0 Å². The van der Waals surface area contributed by atoms with Crippen molar-refractivity contribution in [2.24, 2.45) is 0 Å². The molecule has 3 N–H and O–H groups in total. The minimum absolute atomic E-state index is 0.164. The van der Waals surface area contributed by atoms with Crippen LogP contribution in [0.2, 0.25) is 0 Å². The van der Waals surface area contributed by atoms with Gasteiger partial charge >= 0.3 is 5.97 Å². The molecule has 0 spiro atoms. The fourth-order valence-electron chi connectivity index (χ4n) is 5.09. The van der Waals surface area contributed by atoms with E-state index in [1.54, 1.807) is 0 Å². The van der Waals surface area contributed by atoms with Crippen LogP contribution in [0.4, 0.5) is 5.82 Å². The van der Waals surface area contributed by atoms with E-state index in [1.807, 2.05) is 61.5 Å². The first-order valence-corrected chi connectivity index (χ1v) is 14.7. The lowest BCUT2D eigenvalue weighted by molar-refractivity contribution is -0.142. The van der Waals surface area contributed by atoms with Gasteiger partial charge < -0.3 is 20.5 Å². The average Bonchev–Trinajstić information content (AvgIpc) is 2.98. The second kappa shape index (κ2) is 15.8. The largest absolute Gasteiger partial charge is 0.492 e. The highest BCUT2D eigenvalue weighted by Gasteiger charge is 2.21. The summed E-state index contributed by atoms with van der Waals surface area (Å²) in [5, 5.41) is 16.0. The van der Waals surface area contributed by atoms with E-state index in [0.717, 1.165) is 73.6 Å². The molecule has 1 aliphatic rings. The zero-order chi connectivity index (χ0) is 28.9. The number of anilines is 1. The lowest BCUT2D eigenvalue weighted by atomic mass is 10.1. The zero-order valence-corrected chi connectivity index (χ0v) is 24.0. The molecule has 8 nitrogen and oxygen atoms in total. The molecule has 1 amide bonds. The van der Waals surface area contributed by atoms with Crippen molar-refractivity contribution in [3.05, 3.63) is 89.1 Å². The molecule has 4 rings (SSSR count). The number of aliphatic carboxylic acids is 1. The van der Waals surface area contributed by atoms with Crippen LogP contribution in [-0.2, 0) is 28.9 Å². The van der Waals surface area contributed by atoms with Gasteiger partial charge in [-0.3, -0.25) is 9.69 Å². The Kier molecular flexibility index (Phi) is 11.6. The molecule has 218 valence electrons. The molecule has 1 unspecified atom stereocenters. The number of ether oxygens (including phenoxy) is 1. The van der Waals surface area contributed by atoms with Gasteiger partial charge in [0.25, 0.3) is 0 Å². The van der Waals surface area contributed by atoms with Gasteiger partial charge in [-0.05, 0) is 86.9 Å². The fourth-order valence-corrected chi connectivity index (χ4v) is 5.09. The van der Waals surface area contributed by atoms with Gasteiger partial charge in [0.05, 0.1) is 6.42 Å². The molecule has 0 fully saturated rings. The highest BCUT2D eigenvalue weighted by Crippen LogP contribution is 2.20. The van der Waals surface area contributed by atoms with E-state index >= 15 is 0 Å². The summed E-state index contributed by atoms with van der Waals surface area (Å²) >= 11 is 0. The summed E-state index contributed by atoms with van der Waals surface area (Å²) < 4.78 is 5.92. The molecule has 2 aromatic carbocycles. The number of rotatable bonds is 16. The van der Waals surface area contributed by atoms with E-state index < -0.39 is 12.0 Å². The van der Waals surface area contributed by atoms with Crippen LogP contribution in [0, 0.1) is 6.92 Å². The Morgan fingerprint density at radius 1 is 1.02 bits per heavy atom. The van der Waals surface area contributed by atoms with Gasteiger partial charge in [0.15, 0.2) is 0 Å². The number of benzene rings is 2. The highest BCUT2D eigenvalue weighted by molar-refractivity contribution is 5.85. The van der Waals surface area contributed by atoms with Gasteiger partial charge in [-0.2, -0.15) is 0 Å². The molecule has 0 saturated heterocycles. The van der Waals surface area contributed by atoms with Crippen LogP contribution in [-0.4, -0.2) is 65.7 Å². The van der Waals surface area contributed by atoms with Crippen molar-refractivity contribution in [1.82, 2.24) is 15.2 Å². The highest BCUT2D eigenvalue weighted by atomic mass is 16.5. The Morgan fingerprint density at radius 3 is 2.63 bits per heavy atom. The number of para-hydroxylation sites is 1. The number of carbonyl (C=O) groups is 2. The first kappa shape index (κ1) is 30.1. The third-order valence-corrected chi connectivity index (χ3v) is 7.51. The Bertz CT molecular complexity index is 1270. The maximum absolute atomic E-state index is 12.7. The molecule has 0 aliphatic carbocycles. The summed E-state index contributed by atoms with van der Waals surface area (Å²) in [5.41, 5.74) is 4.31. The quantitative estimate of drug-likeness (QED) is 0.220. The van der Waals surface area contributed by atoms with Crippen LogP contribution in [0.1, 0.15) is 48.1 Å². The Hall–Kier alpha value is -3.91. The summed E-state index contributed by atoms with van der Waals surface area (Å²) in [4.78, 5) is 31.7. The predicted octanol–water partition coefficient (Wildman–Crippen LogP) is 4.65. The molecule has 1 atom stereocenters. The van der Waals surface area contributed by atoms with E-state index in [1.165, 1.54) is 5.56 Å². The second-order valence-corrected chi connectivity index (χ2v) is 10.7. The number of carbonyl (C=O) groups excluding carboxylic acids is 1. The zero-order valence-electron chi connectivity index (χ0n) is 24.0. The number of aromatic nitrogens is 1. The van der Waals surface area contributed by atoms with Gasteiger partial charge in [-0.15, -0.1) is 0 Å². The molecule has 41 heavy (non-hydrogen) atoms. The van der Waals surface area contributed by atoms with Gasteiger partial charge in [-0.25, -0.2) is 9.78 Å². The summed E-state index contributed by atoms with van der Waals surface area (Å²) in [6, 6.07) is 20.7. The number of pyridine rings is 1. The van der Waals surface area contributed by atoms with Crippen molar-refractivity contribution in [3.63, 3.8) is 0 Å². The molecule has 0 radical (unpaired) electrons. The Morgan fingerprint density at radius 2 is 1.83 bits per heavy atom. The molecular weight excluding hydrogens is 516 g/mol. The van der Waals surface area contributed by atoms with Crippen LogP contribution in [0.25, 0.3) is 0 Å². The number of carboxylic acid groups (broad SMARTS) is 1. The smallest absolute Gasteiger partial charge is 0.326 e. The first-order valence-electron chi connectivity index (χ1n) is 14.7. The van der Waals surface area contributed by atoms with Crippen molar-refractivity contribution in [3.8, 4) is 5.75 Å². The van der Waals surface area contributed by atoms with Gasteiger partial charge in [0.1, 0.15) is 24.2 Å². The third-order valence-electron chi connectivity index (χ3n) is 7.51. The topological polar surface area (TPSA) is 104 Å². The molecule has 8 heteroatoms. The monoisotopic (exact) mass is 558 g/mol. The maximum atomic E-state index is 12.7. The number of carboxylic acids is 1. The van der Waals surface area contributed by atoms with Crippen LogP contribution in [0.5, 0.6) is 5.75 Å². The lowest BCUT2D eigenvalue weighted by Crippen LogP contribution is -2.44. The number of amides is 1. The summed E-state index contributed by atoms with van der Waals surface area (Å²) in [6.45, 7) is 5.45. The third kappa shape index (κ3) is 9.90. The minimum Gasteiger partial charge on any atom is -0.492 e. The summed E-state index contributed by atoms with van der Waals surface area (Å²) in [7, 11) is 0. The summed E-state index contributed by atoms with van der Waals surface area (Å²) in [5.74, 6) is 0.539. The van der Waals surface area contributed by atoms with E-state index in [4.69, 9.17) is 9.72 Å². The number of fused-ring (bicyclic) bond motifs is 1. The lowest BCUT2D eigenvalue weighted by Gasteiger charge is -2.24. The number of hydrogen-bond acceptors (Lipinski definition) is 6. The summed E-state index contributed by atoms with van der Waals surface area (Å²) in [6.07, 6.45) is 5.55. The molecule has 1 aromatic heterocycles. The number of nitrogens with one attached hydrogen (secondary N) is 2. The van der Waals surface area contributed by atoms with E-state index in [9.17, 15) is 14.7 Å². The SMILES string of the molecule is Cc1ccccc1CC(=O)NC(CCN(CCCCc1ccc2c(n1)NCCC2)CCOc1ccccc1)C(=O)O. The van der Waals surface area contributed by atoms with Gasteiger partial charge in [0, 0.05) is 25.3 Å². The number of unbranched alkanes of at least 4 members (excludes halogenated alkanes) is 1. The molecule has 0 saturated carbocycles. The van der Waals surface area contributed by atoms with Gasteiger partial charge in [-0.1, -0.05) is 48.5 Å². The van der Waals surface area contributed by atoms with Crippen LogP contribution < -0.4 is 15.4 Å². The first-order chi connectivity index (χ1) is 20.0.